The lowest BCUT2D eigenvalue weighted by atomic mass is 9.96. The zero-order valence-corrected chi connectivity index (χ0v) is 12.8. The molecule has 112 valence electrons. The van der Waals surface area contributed by atoms with E-state index in [2.05, 4.69) is 35.0 Å². The zero-order valence-electron chi connectivity index (χ0n) is 12.8. The highest BCUT2D eigenvalue weighted by molar-refractivity contribution is 5.92. The molecule has 0 amide bonds. The van der Waals surface area contributed by atoms with Crippen LogP contribution in [0.2, 0.25) is 0 Å². The molecule has 1 aromatic heterocycles. The second-order valence-corrected chi connectivity index (χ2v) is 5.94. The number of rotatable bonds is 4. The van der Waals surface area contributed by atoms with E-state index in [1.807, 2.05) is 12.1 Å². The number of aromatic nitrogens is 1. The number of piperidine rings is 1. The summed E-state index contributed by atoms with van der Waals surface area (Å²) in [4.78, 5) is 7.10. The van der Waals surface area contributed by atoms with Crippen molar-refractivity contribution < 1.29 is 5.11 Å². The Kier molecular flexibility index (Phi) is 4.39. The molecule has 3 heteroatoms. The Morgan fingerprint density at radius 3 is 2.95 bits per heavy atom. The van der Waals surface area contributed by atoms with Crippen LogP contribution >= 0.6 is 0 Å². The van der Waals surface area contributed by atoms with Crippen LogP contribution in [0.15, 0.2) is 30.3 Å². The first-order chi connectivity index (χ1) is 10.3. The fourth-order valence-corrected chi connectivity index (χ4v) is 3.48. The third-order valence-electron chi connectivity index (χ3n) is 4.47. The van der Waals surface area contributed by atoms with Gasteiger partial charge in [0.1, 0.15) is 0 Å². The van der Waals surface area contributed by atoms with Gasteiger partial charge < -0.3 is 10.0 Å². The van der Waals surface area contributed by atoms with E-state index < -0.39 is 0 Å². The predicted octanol–water partition coefficient (Wildman–Crippen LogP) is 3.89. The van der Waals surface area contributed by atoms with Gasteiger partial charge in [-0.25, -0.2) is 0 Å². The lowest BCUT2D eigenvalue weighted by Crippen LogP contribution is -2.39. The number of hydrogen-bond acceptors (Lipinski definition) is 3. The number of aliphatic hydroxyl groups excluding tert-OH is 1. The summed E-state index contributed by atoms with van der Waals surface area (Å²) < 4.78 is 0. The van der Waals surface area contributed by atoms with E-state index >= 15 is 0 Å². The highest BCUT2D eigenvalue weighted by Crippen LogP contribution is 2.33. The highest BCUT2D eigenvalue weighted by atomic mass is 16.3. The van der Waals surface area contributed by atoms with Crippen molar-refractivity contribution in [3.63, 3.8) is 0 Å². The zero-order chi connectivity index (χ0) is 14.7. The Hall–Kier alpha value is -1.61. The average Bonchev–Trinajstić information content (AvgIpc) is 2.54. The second kappa shape index (κ2) is 6.44. The first kappa shape index (κ1) is 14.3. The van der Waals surface area contributed by atoms with Crippen molar-refractivity contribution >= 4 is 16.6 Å². The van der Waals surface area contributed by atoms with E-state index in [4.69, 9.17) is 0 Å². The summed E-state index contributed by atoms with van der Waals surface area (Å²) in [5.74, 6) is 0. The maximum absolute atomic E-state index is 9.51. The van der Waals surface area contributed by atoms with E-state index in [0.29, 0.717) is 6.04 Å². The standard InChI is InChI=1S/C18H24N2O/c1-2-7-15-8-5-6-11-20(15)18-12-14(13-21)19-17-10-4-3-9-16(17)18/h3-4,9-10,12,15,21H,2,5-8,11,13H2,1H3. The van der Waals surface area contributed by atoms with Gasteiger partial charge in [0.2, 0.25) is 0 Å². The van der Waals surface area contributed by atoms with Crippen LogP contribution < -0.4 is 4.90 Å². The summed E-state index contributed by atoms with van der Waals surface area (Å²) in [5.41, 5.74) is 3.01. The Labute approximate surface area is 126 Å². The third-order valence-corrected chi connectivity index (χ3v) is 4.47. The molecule has 2 heterocycles. The van der Waals surface area contributed by atoms with Crippen molar-refractivity contribution in [2.45, 2.75) is 51.7 Å². The van der Waals surface area contributed by atoms with Crippen LogP contribution in [0.5, 0.6) is 0 Å². The lowest BCUT2D eigenvalue weighted by Gasteiger charge is -2.38. The largest absolute Gasteiger partial charge is 0.390 e. The van der Waals surface area contributed by atoms with E-state index in [-0.39, 0.29) is 6.61 Å². The van der Waals surface area contributed by atoms with Crippen LogP contribution in [0.25, 0.3) is 10.9 Å². The maximum Gasteiger partial charge on any atom is 0.0854 e. The average molecular weight is 284 g/mol. The number of nitrogens with zero attached hydrogens (tertiary/aromatic N) is 2. The molecular formula is C18H24N2O. The molecule has 1 aromatic carbocycles. The molecule has 1 saturated heterocycles. The number of benzene rings is 1. The summed E-state index contributed by atoms with van der Waals surface area (Å²) in [6.45, 7) is 3.38. The van der Waals surface area contributed by atoms with Crippen molar-refractivity contribution in [2.75, 3.05) is 11.4 Å². The van der Waals surface area contributed by atoms with Crippen LogP contribution in [0.1, 0.15) is 44.7 Å². The minimum absolute atomic E-state index is 0.00409. The lowest BCUT2D eigenvalue weighted by molar-refractivity contribution is 0.277. The number of fused-ring (bicyclic) bond motifs is 1. The molecule has 1 unspecified atom stereocenters. The summed E-state index contributed by atoms with van der Waals surface area (Å²) in [5, 5.41) is 10.7. The summed E-state index contributed by atoms with van der Waals surface area (Å²) in [6.07, 6.45) is 6.32. The molecule has 0 radical (unpaired) electrons. The molecule has 0 bridgehead atoms. The number of aliphatic hydroxyl groups is 1. The van der Waals surface area contributed by atoms with Gasteiger partial charge in [-0.2, -0.15) is 0 Å². The number of para-hydroxylation sites is 1. The van der Waals surface area contributed by atoms with Crippen molar-refractivity contribution in [1.29, 1.82) is 0 Å². The number of pyridine rings is 1. The van der Waals surface area contributed by atoms with Crippen LogP contribution in [0, 0.1) is 0 Å². The van der Waals surface area contributed by atoms with Gasteiger partial charge in [0.25, 0.3) is 0 Å². The fourth-order valence-electron chi connectivity index (χ4n) is 3.48. The smallest absolute Gasteiger partial charge is 0.0854 e. The van der Waals surface area contributed by atoms with Gasteiger partial charge in [-0.05, 0) is 37.8 Å². The molecule has 1 fully saturated rings. The maximum atomic E-state index is 9.51. The predicted molar refractivity (Wildman–Crippen MR) is 87.6 cm³/mol. The minimum atomic E-state index is 0.00409. The van der Waals surface area contributed by atoms with Crippen LogP contribution in [0.3, 0.4) is 0 Å². The molecule has 21 heavy (non-hydrogen) atoms. The van der Waals surface area contributed by atoms with Gasteiger partial charge in [0, 0.05) is 23.7 Å². The molecule has 1 atom stereocenters. The minimum Gasteiger partial charge on any atom is -0.390 e. The van der Waals surface area contributed by atoms with Crippen molar-refractivity contribution in [1.82, 2.24) is 4.98 Å². The monoisotopic (exact) mass is 284 g/mol. The molecular weight excluding hydrogens is 260 g/mol. The second-order valence-electron chi connectivity index (χ2n) is 5.94. The van der Waals surface area contributed by atoms with Gasteiger partial charge in [-0.15, -0.1) is 0 Å². The summed E-state index contributed by atoms with van der Waals surface area (Å²) >= 11 is 0. The van der Waals surface area contributed by atoms with Gasteiger partial charge >= 0.3 is 0 Å². The van der Waals surface area contributed by atoms with Crippen molar-refractivity contribution in [3.8, 4) is 0 Å². The molecule has 1 aliphatic heterocycles. The Bertz CT molecular complexity index is 609. The Morgan fingerprint density at radius 2 is 2.14 bits per heavy atom. The number of hydrogen-bond donors (Lipinski definition) is 1. The van der Waals surface area contributed by atoms with Gasteiger partial charge in [-0.3, -0.25) is 4.98 Å². The quantitative estimate of drug-likeness (QED) is 0.925. The highest BCUT2D eigenvalue weighted by Gasteiger charge is 2.23. The molecule has 0 spiro atoms. The van der Waals surface area contributed by atoms with Crippen molar-refractivity contribution in [2.24, 2.45) is 0 Å². The van der Waals surface area contributed by atoms with Gasteiger partial charge in [0.15, 0.2) is 0 Å². The molecule has 3 nitrogen and oxygen atoms in total. The summed E-state index contributed by atoms with van der Waals surface area (Å²) in [7, 11) is 0. The van der Waals surface area contributed by atoms with E-state index in [9.17, 15) is 5.11 Å². The third kappa shape index (κ3) is 2.88. The van der Waals surface area contributed by atoms with Gasteiger partial charge in [-0.1, -0.05) is 31.5 Å². The van der Waals surface area contributed by atoms with Gasteiger partial charge in [0.05, 0.1) is 17.8 Å². The van der Waals surface area contributed by atoms with Crippen LogP contribution in [-0.4, -0.2) is 22.7 Å². The van der Waals surface area contributed by atoms with Crippen LogP contribution in [-0.2, 0) is 6.61 Å². The first-order valence-electron chi connectivity index (χ1n) is 8.09. The summed E-state index contributed by atoms with van der Waals surface area (Å²) in [6, 6.07) is 11.0. The molecule has 2 aromatic rings. The fraction of sp³-hybridized carbons (Fsp3) is 0.500. The Balaban J connectivity index is 2.08. The number of anilines is 1. The molecule has 1 aliphatic rings. The molecule has 0 saturated carbocycles. The first-order valence-corrected chi connectivity index (χ1v) is 8.09. The molecule has 3 rings (SSSR count). The van der Waals surface area contributed by atoms with E-state index in [0.717, 1.165) is 17.8 Å². The molecule has 0 aliphatic carbocycles. The normalized spacial score (nSPS) is 19.1. The van der Waals surface area contributed by atoms with E-state index in [1.165, 1.54) is 43.2 Å². The Morgan fingerprint density at radius 1 is 1.29 bits per heavy atom. The van der Waals surface area contributed by atoms with Crippen molar-refractivity contribution in [3.05, 3.63) is 36.0 Å². The topological polar surface area (TPSA) is 36.4 Å². The van der Waals surface area contributed by atoms with E-state index in [1.54, 1.807) is 0 Å². The SMILES string of the molecule is CCCC1CCCCN1c1cc(CO)nc2ccccc12. The molecule has 1 N–H and O–H groups in total. The van der Waals surface area contributed by atoms with Crippen LogP contribution in [0.4, 0.5) is 5.69 Å².